The van der Waals surface area contributed by atoms with Gasteiger partial charge in [0.25, 0.3) is 0 Å². The van der Waals surface area contributed by atoms with Crippen molar-refractivity contribution in [3.8, 4) is 0 Å². The minimum absolute atomic E-state index is 0.0179. The van der Waals surface area contributed by atoms with E-state index < -0.39 is 12.0 Å². The number of carboxylic acids is 1. The van der Waals surface area contributed by atoms with Gasteiger partial charge in [0, 0.05) is 38.3 Å². The van der Waals surface area contributed by atoms with Crippen molar-refractivity contribution in [2.45, 2.75) is 39.3 Å². The molecule has 7 nitrogen and oxygen atoms in total. The maximum atomic E-state index is 12.1. The van der Waals surface area contributed by atoms with E-state index in [1.54, 1.807) is 4.90 Å². The van der Waals surface area contributed by atoms with E-state index in [0.717, 1.165) is 11.4 Å². The summed E-state index contributed by atoms with van der Waals surface area (Å²) >= 11 is 0. The molecule has 0 saturated carbocycles. The van der Waals surface area contributed by atoms with Crippen LogP contribution in [0.1, 0.15) is 24.2 Å². The topological polar surface area (TPSA) is 87.5 Å². The second-order valence-corrected chi connectivity index (χ2v) is 5.44. The summed E-state index contributed by atoms with van der Waals surface area (Å²) < 4.78 is 1.90. The lowest BCUT2D eigenvalue weighted by Crippen LogP contribution is -2.55. The van der Waals surface area contributed by atoms with Gasteiger partial charge in [-0.1, -0.05) is 0 Å². The summed E-state index contributed by atoms with van der Waals surface area (Å²) in [4.78, 5) is 24.7. The molecule has 0 aromatic carbocycles. The monoisotopic (exact) mass is 294 g/mol. The molecule has 0 spiro atoms. The third-order valence-corrected chi connectivity index (χ3v) is 3.69. The SMILES string of the molecule is Cc1cc(C)n(CCCC(=O)N2CCNC(C(=O)O)C2)n1. The minimum atomic E-state index is -0.907. The Kier molecular flexibility index (Phi) is 4.95. The molecule has 1 atom stereocenters. The zero-order chi connectivity index (χ0) is 15.4. The van der Waals surface area contributed by atoms with E-state index >= 15 is 0 Å². The molecule has 0 radical (unpaired) electrons. The summed E-state index contributed by atoms with van der Waals surface area (Å²) in [5.74, 6) is -0.889. The fourth-order valence-electron chi connectivity index (χ4n) is 2.58. The molecule has 2 rings (SSSR count). The highest BCUT2D eigenvalue weighted by atomic mass is 16.4. The van der Waals surface area contributed by atoms with Crippen molar-refractivity contribution in [2.75, 3.05) is 19.6 Å². The van der Waals surface area contributed by atoms with Gasteiger partial charge in [-0.2, -0.15) is 5.10 Å². The normalized spacial score (nSPS) is 18.8. The number of nitrogens with zero attached hydrogens (tertiary/aromatic N) is 3. The highest BCUT2D eigenvalue weighted by molar-refractivity contribution is 5.79. The van der Waals surface area contributed by atoms with Gasteiger partial charge in [0.15, 0.2) is 0 Å². The van der Waals surface area contributed by atoms with Crippen molar-refractivity contribution in [2.24, 2.45) is 0 Å². The molecular formula is C14H22N4O3. The Morgan fingerprint density at radius 3 is 2.86 bits per heavy atom. The van der Waals surface area contributed by atoms with Gasteiger partial charge < -0.3 is 15.3 Å². The van der Waals surface area contributed by atoms with E-state index in [1.165, 1.54) is 0 Å². The molecule has 1 unspecified atom stereocenters. The lowest BCUT2D eigenvalue weighted by molar-refractivity contribution is -0.142. The summed E-state index contributed by atoms with van der Waals surface area (Å²) in [6.45, 7) is 5.99. The van der Waals surface area contributed by atoms with Gasteiger partial charge in [0.2, 0.25) is 5.91 Å². The second-order valence-electron chi connectivity index (χ2n) is 5.44. The third kappa shape index (κ3) is 4.04. The fourth-order valence-corrected chi connectivity index (χ4v) is 2.58. The molecule has 0 bridgehead atoms. The zero-order valence-electron chi connectivity index (χ0n) is 12.5. The Morgan fingerprint density at radius 2 is 2.24 bits per heavy atom. The molecule has 1 amide bonds. The summed E-state index contributed by atoms with van der Waals surface area (Å²) in [5.41, 5.74) is 2.07. The lowest BCUT2D eigenvalue weighted by Gasteiger charge is -2.31. The largest absolute Gasteiger partial charge is 0.480 e. The molecule has 1 aliphatic heterocycles. The predicted octanol–water partition coefficient (Wildman–Crippen LogP) is 0.165. The highest BCUT2D eigenvalue weighted by Gasteiger charge is 2.27. The Balaban J connectivity index is 1.79. The van der Waals surface area contributed by atoms with E-state index in [2.05, 4.69) is 10.4 Å². The van der Waals surface area contributed by atoms with Crippen LogP contribution in [0.2, 0.25) is 0 Å². The van der Waals surface area contributed by atoms with Crippen LogP contribution in [0.4, 0.5) is 0 Å². The number of aliphatic carboxylic acids is 1. The van der Waals surface area contributed by atoms with Crippen molar-refractivity contribution in [1.29, 1.82) is 0 Å². The number of rotatable bonds is 5. The van der Waals surface area contributed by atoms with Crippen molar-refractivity contribution in [3.05, 3.63) is 17.5 Å². The van der Waals surface area contributed by atoms with Crippen LogP contribution in [-0.2, 0) is 16.1 Å². The molecule has 1 aromatic heterocycles. The van der Waals surface area contributed by atoms with Gasteiger partial charge >= 0.3 is 5.97 Å². The first-order valence-electron chi connectivity index (χ1n) is 7.22. The maximum Gasteiger partial charge on any atom is 0.322 e. The molecule has 2 N–H and O–H groups in total. The highest BCUT2D eigenvalue weighted by Crippen LogP contribution is 2.07. The summed E-state index contributed by atoms with van der Waals surface area (Å²) in [7, 11) is 0. The molecule has 1 aromatic rings. The first-order valence-corrected chi connectivity index (χ1v) is 7.22. The van der Waals surface area contributed by atoms with Crippen molar-refractivity contribution in [1.82, 2.24) is 20.0 Å². The van der Waals surface area contributed by atoms with E-state index in [4.69, 9.17) is 5.11 Å². The second kappa shape index (κ2) is 6.71. The number of nitrogens with one attached hydrogen (secondary N) is 1. The quantitative estimate of drug-likeness (QED) is 0.808. The number of carbonyl (C=O) groups excluding carboxylic acids is 1. The number of aryl methyl sites for hydroxylation is 3. The van der Waals surface area contributed by atoms with Crippen LogP contribution in [-0.4, -0.2) is 57.3 Å². The van der Waals surface area contributed by atoms with Gasteiger partial charge in [0.05, 0.1) is 5.69 Å². The van der Waals surface area contributed by atoms with Crippen molar-refractivity contribution >= 4 is 11.9 Å². The van der Waals surface area contributed by atoms with Gasteiger partial charge in [0.1, 0.15) is 6.04 Å². The fraction of sp³-hybridized carbons (Fsp3) is 0.643. The Hall–Kier alpha value is -1.89. The smallest absolute Gasteiger partial charge is 0.322 e. The Morgan fingerprint density at radius 1 is 1.48 bits per heavy atom. The van der Waals surface area contributed by atoms with Crippen molar-refractivity contribution in [3.63, 3.8) is 0 Å². The molecule has 1 saturated heterocycles. The van der Waals surface area contributed by atoms with E-state index in [1.807, 2.05) is 24.6 Å². The van der Waals surface area contributed by atoms with Crippen LogP contribution >= 0.6 is 0 Å². The average Bonchev–Trinajstić information content (AvgIpc) is 2.77. The number of carboxylic acid groups (broad SMARTS) is 1. The van der Waals surface area contributed by atoms with Gasteiger partial charge in [-0.25, -0.2) is 0 Å². The van der Waals surface area contributed by atoms with E-state index in [9.17, 15) is 9.59 Å². The summed E-state index contributed by atoms with van der Waals surface area (Å²) in [6, 6.07) is 1.36. The van der Waals surface area contributed by atoms with Gasteiger partial charge in [-0.15, -0.1) is 0 Å². The van der Waals surface area contributed by atoms with Crippen LogP contribution in [0.5, 0.6) is 0 Å². The maximum absolute atomic E-state index is 12.1. The third-order valence-electron chi connectivity index (χ3n) is 3.69. The number of aromatic nitrogens is 2. The summed E-state index contributed by atoms with van der Waals surface area (Å²) in [6.07, 6.45) is 1.13. The molecule has 2 heterocycles. The minimum Gasteiger partial charge on any atom is -0.480 e. The first-order chi connectivity index (χ1) is 9.97. The van der Waals surface area contributed by atoms with Crippen molar-refractivity contribution < 1.29 is 14.7 Å². The number of hydrogen-bond donors (Lipinski definition) is 2. The van der Waals surface area contributed by atoms with Gasteiger partial charge in [-0.3, -0.25) is 14.3 Å². The van der Waals surface area contributed by atoms with Crippen LogP contribution < -0.4 is 5.32 Å². The van der Waals surface area contributed by atoms with Crippen LogP contribution in [0.15, 0.2) is 6.07 Å². The average molecular weight is 294 g/mol. The summed E-state index contributed by atoms with van der Waals surface area (Å²) in [5, 5.41) is 16.2. The molecule has 21 heavy (non-hydrogen) atoms. The van der Waals surface area contributed by atoms with E-state index in [-0.39, 0.29) is 12.5 Å². The number of carbonyl (C=O) groups is 2. The van der Waals surface area contributed by atoms with Crippen LogP contribution in [0.3, 0.4) is 0 Å². The van der Waals surface area contributed by atoms with Crippen LogP contribution in [0.25, 0.3) is 0 Å². The zero-order valence-corrected chi connectivity index (χ0v) is 12.5. The van der Waals surface area contributed by atoms with Gasteiger partial charge in [-0.05, 0) is 26.3 Å². The predicted molar refractivity (Wildman–Crippen MR) is 76.9 cm³/mol. The lowest BCUT2D eigenvalue weighted by atomic mass is 10.2. The van der Waals surface area contributed by atoms with E-state index in [0.29, 0.717) is 32.5 Å². The molecule has 116 valence electrons. The standard InChI is InChI=1S/C14H22N4O3/c1-10-8-11(2)18(16-10)6-3-4-13(19)17-7-5-15-12(9-17)14(20)21/h8,12,15H,3-7,9H2,1-2H3,(H,20,21). The number of hydrogen-bond acceptors (Lipinski definition) is 4. The Bertz CT molecular complexity index is 526. The first kappa shape index (κ1) is 15.5. The molecule has 1 aliphatic rings. The molecule has 7 heteroatoms. The Labute approximate surface area is 123 Å². The molecule has 1 fully saturated rings. The number of amides is 1. The number of piperazine rings is 1. The molecule has 0 aliphatic carbocycles. The van der Waals surface area contributed by atoms with Crippen LogP contribution in [0, 0.1) is 13.8 Å². The molecular weight excluding hydrogens is 272 g/mol.